The molecule has 5 rings (SSSR count). The van der Waals surface area contributed by atoms with E-state index in [4.69, 9.17) is 22.7 Å². The van der Waals surface area contributed by atoms with Gasteiger partial charge in [0.05, 0.1) is 16.9 Å². The molecule has 3 N–H and O–H groups in total. The molecule has 1 atom stereocenters. The summed E-state index contributed by atoms with van der Waals surface area (Å²) in [5.74, 6) is -0.0592. The number of para-hydroxylation sites is 1. The molecule has 1 fully saturated rings. The zero-order chi connectivity index (χ0) is 31.9. The van der Waals surface area contributed by atoms with E-state index in [-0.39, 0.29) is 23.4 Å². The number of anilines is 2. The summed E-state index contributed by atoms with van der Waals surface area (Å²) in [6.45, 7) is 12.9. The van der Waals surface area contributed by atoms with Crippen molar-refractivity contribution in [3.05, 3.63) is 98.8 Å². The predicted molar refractivity (Wildman–Crippen MR) is 179 cm³/mol. The van der Waals surface area contributed by atoms with Crippen molar-refractivity contribution in [3.63, 3.8) is 0 Å². The molecule has 1 aromatic heterocycles. The molecule has 0 spiro atoms. The fourth-order valence-corrected chi connectivity index (χ4v) is 6.54. The van der Waals surface area contributed by atoms with Crippen molar-refractivity contribution >= 4 is 46.0 Å². The molecule has 1 amide bonds. The van der Waals surface area contributed by atoms with E-state index in [1.54, 1.807) is 21.6 Å². The highest BCUT2D eigenvalue weighted by molar-refractivity contribution is 6.34. The van der Waals surface area contributed by atoms with E-state index in [0.717, 1.165) is 11.1 Å². The monoisotopic (exact) mass is 606 g/mol. The molecule has 9 heteroatoms. The van der Waals surface area contributed by atoms with Gasteiger partial charge in [-0.1, -0.05) is 56.3 Å². The molecule has 2 heterocycles. The zero-order valence-electron chi connectivity index (χ0n) is 25.3. The van der Waals surface area contributed by atoms with Crippen LogP contribution in [0.1, 0.15) is 48.9 Å². The molecule has 224 valence electrons. The van der Waals surface area contributed by atoms with Crippen molar-refractivity contribution in [2.45, 2.75) is 39.7 Å². The molecular formula is C35H35ClN6O2. The van der Waals surface area contributed by atoms with E-state index in [2.05, 4.69) is 26.5 Å². The number of benzene rings is 3. The van der Waals surface area contributed by atoms with E-state index in [1.807, 2.05) is 55.1 Å². The first-order valence-electron chi connectivity index (χ1n) is 14.5. The number of nitriles is 1. The number of rotatable bonds is 6. The number of amides is 1. The van der Waals surface area contributed by atoms with Crippen LogP contribution in [0.4, 0.5) is 11.4 Å². The minimum Gasteiger partial charge on any atom is -0.398 e. The second kappa shape index (κ2) is 12.0. The number of halogens is 1. The third kappa shape index (κ3) is 5.03. The zero-order valence-corrected chi connectivity index (χ0v) is 26.1. The van der Waals surface area contributed by atoms with E-state index in [9.17, 15) is 14.9 Å². The topological polar surface area (TPSA) is 119 Å². The number of nitrogens with zero attached hydrogens (tertiary/aromatic N) is 4. The van der Waals surface area contributed by atoms with Gasteiger partial charge in [-0.05, 0) is 66.8 Å². The number of carbonyl (C=O) groups is 1. The Morgan fingerprint density at radius 2 is 1.93 bits per heavy atom. The second-order valence-electron chi connectivity index (χ2n) is 11.5. The number of fused-ring (bicyclic) bond motifs is 1. The summed E-state index contributed by atoms with van der Waals surface area (Å²) in [7, 11) is 0. The van der Waals surface area contributed by atoms with Gasteiger partial charge in [0, 0.05) is 59.1 Å². The van der Waals surface area contributed by atoms with Crippen molar-refractivity contribution in [1.82, 2.24) is 9.47 Å². The molecule has 0 aliphatic carbocycles. The Morgan fingerprint density at radius 3 is 2.57 bits per heavy atom. The first-order chi connectivity index (χ1) is 21.0. The van der Waals surface area contributed by atoms with E-state index in [1.165, 1.54) is 12.3 Å². The van der Waals surface area contributed by atoms with Crippen molar-refractivity contribution in [1.29, 1.82) is 10.7 Å². The van der Waals surface area contributed by atoms with Gasteiger partial charge >= 0.3 is 0 Å². The fraction of sp³-hybridized carbons (Fsp3) is 0.257. The van der Waals surface area contributed by atoms with Gasteiger partial charge in [-0.3, -0.25) is 14.2 Å². The highest BCUT2D eigenvalue weighted by Gasteiger charge is 2.32. The average molecular weight is 607 g/mol. The lowest BCUT2D eigenvalue weighted by molar-refractivity contribution is -0.126. The van der Waals surface area contributed by atoms with E-state index >= 15 is 0 Å². The molecule has 1 saturated heterocycles. The number of pyridine rings is 1. The largest absolute Gasteiger partial charge is 0.398 e. The van der Waals surface area contributed by atoms with Crippen LogP contribution in [0.5, 0.6) is 0 Å². The van der Waals surface area contributed by atoms with Crippen LogP contribution in [0.15, 0.2) is 66.0 Å². The lowest BCUT2D eigenvalue weighted by Crippen LogP contribution is -2.54. The average Bonchev–Trinajstić information content (AvgIpc) is 3.01. The summed E-state index contributed by atoms with van der Waals surface area (Å²) in [5.41, 5.74) is 11.8. The SMILES string of the molecule is C=CC(=O)N1CCN(c2c(C#N)c(=O)n(-c3ccccc3C(C)C)c3cc(-c4c(C)ccc(N)c4C=N)c(Cl)cc23)[C@H](C)C1. The van der Waals surface area contributed by atoms with Crippen molar-refractivity contribution < 1.29 is 4.79 Å². The highest BCUT2D eigenvalue weighted by Crippen LogP contribution is 2.42. The van der Waals surface area contributed by atoms with Crippen LogP contribution in [0.2, 0.25) is 5.02 Å². The molecule has 1 aliphatic rings. The van der Waals surface area contributed by atoms with Gasteiger partial charge in [-0.15, -0.1) is 0 Å². The van der Waals surface area contributed by atoms with Crippen molar-refractivity contribution in [2.24, 2.45) is 0 Å². The maximum Gasteiger partial charge on any atom is 0.275 e. The lowest BCUT2D eigenvalue weighted by atomic mass is 9.92. The predicted octanol–water partition coefficient (Wildman–Crippen LogP) is 6.42. The number of piperazine rings is 1. The van der Waals surface area contributed by atoms with Crippen LogP contribution in [0, 0.1) is 23.7 Å². The summed E-state index contributed by atoms with van der Waals surface area (Å²) >= 11 is 7.07. The quantitative estimate of drug-likeness (QED) is 0.149. The molecule has 0 bridgehead atoms. The smallest absolute Gasteiger partial charge is 0.275 e. The Labute approximate surface area is 262 Å². The number of nitrogens with two attached hydrogens (primary N) is 1. The van der Waals surface area contributed by atoms with E-state index < -0.39 is 5.56 Å². The normalized spacial score (nSPS) is 15.0. The van der Waals surface area contributed by atoms with Crippen LogP contribution in [-0.4, -0.2) is 47.3 Å². The van der Waals surface area contributed by atoms with Gasteiger partial charge < -0.3 is 20.9 Å². The fourth-order valence-electron chi connectivity index (χ4n) is 6.28. The minimum atomic E-state index is -0.440. The van der Waals surface area contributed by atoms with Crippen LogP contribution in [-0.2, 0) is 4.79 Å². The highest BCUT2D eigenvalue weighted by atomic mass is 35.5. The third-order valence-corrected chi connectivity index (χ3v) is 8.76. The number of aromatic nitrogens is 1. The number of hydrogen-bond donors (Lipinski definition) is 2. The second-order valence-corrected chi connectivity index (χ2v) is 11.9. The standard InChI is InChI=1S/C35H35ClN6O2/c1-6-32(43)40-13-14-41(22(5)19-40)34-25-15-28(36)24(33-21(4)11-12-29(39)26(33)17-37)16-31(25)42(35(44)27(34)18-38)30-10-8-7-9-23(30)20(2)3/h6-12,15-17,20,22,37H,1,13-14,19,39H2,2-5H3/t22-/m1/s1. The van der Waals surface area contributed by atoms with Crippen LogP contribution in [0.25, 0.3) is 27.7 Å². The number of aryl methyl sites for hydroxylation is 1. The Bertz CT molecular complexity index is 1940. The number of nitrogen functional groups attached to an aromatic ring is 1. The maximum absolute atomic E-state index is 14.5. The summed E-state index contributed by atoms with van der Waals surface area (Å²) in [5, 5.41) is 19.7. The summed E-state index contributed by atoms with van der Waals surface area (Å²) < 4.78 is 1.61. The first-order valence-corrected chi connectivity index (χ1v) is 14.9. The Morgan fingerprint density at radius 1 is 1.20 bits per heavy atom. The van der Waals surface area contributed by atoms with Gasteiger partial charge in [0.2, 0.25) is 5.91 Å². The third-order valence-electron chi connectivity index (χ3n) is 8.45. The van der Waals surface area contributed by atoms with Gasteiger partial charge in [-0.2, -0.15) is 5.26 Å². The Kier molecular flexibility index (Phi) is 8.36. The maximum atomic E-state index is 14.5. The van der Waals surface area contributed by atoms with E-state index in [0.29, 0.717) is 69.3 Å². The Hall–Kier alpha value is -4.87. The lowest BCUT2D eigenvalue weighted by Gasteiger charge is -2.41. The summed E-state index contributed by atoms with van der Waals surface area (Å²) in [6, 6.07) is 17.0. The van der Waals surface area contributed by atoms with Crippen molar-refractivity contribution in [2.75, 3.05) is 30.3 Å². The van der Waals surface area contributed by atoms with Crippen LogP contribution >= 0.6 is 11.6 Å². The number of nitrogens with one attached hydrogen (secondary N) is 1. The molecule has 1 aliphatic heterocycles. The van der Waals surface area contributed by atoms with Crippen molar-refractivity contribution in [3.8, 4) is 22.9 Å². The first kappa shape index (κ1) is 30.6. The summed E-state index contributed by atoms with van der Waals surface area (Å²) in [4.78, 5) is 30.6. The molecule has 44 heavy (non-hydrogen) atoms. The molecule has 0 unspecified atom stereocenters. The number of carbonyl (C=O) groups excluding carboxylic acids is 1. The molecule has 4 aromatic rings. The molecule has 3 aromatic carbocycles. The van der Waals surface area contributed by atoms with Gasteiger partial charge in [0.1, 0.15) is 11.6 Å². The minimum absolute atomic E-state index is 0.00976. The van der Waals surface area contributed by atoms with Crippen LogP contribution < -0.4 is 16.2 Å². The Balaban J connectivity index is 1.91. The molecule has 8 nitrogen and oxygen atoms in total. The van der Waals surface area contributed by atoms with Gasteiger partial charge in [0.25, 0.3) is 5.56 Å². The summed E-state index contributed by atoms with van der Waals surface area (Å²) in [6.07, 6.45) is 2.52. The number of hydrogen-bond acceptors (Lipinski definition) is 6. The van der Waals surface area contributed by atoms with Gasteiger partial charge in [0.15, 0.2) is 0 Å². The van der Waals surface area contributed by atoms with Crippen LogP contribution in [0.3, 0.4) is 0 Å². The molecule has 0 radical (unpaired) electrons. The molecular weight excluding hydrogens is 572 g/mol. The molecule has 0 saturated carbocycles. The van der Waals surface area contributed by atoms with Gasteiger partial charge in [-0.25, -0.2) is 0 Å².